The monoisotopic (exact) mass is 260 g/mol. The van der Waals surface area contributed by atoms with E-state index in [4.69, 9.17) is 3.02 Å². The quantitative estimate of drug-likeness (QED) is 0.559. The summed E-state index contributed by atoms with van der Waals surface area (Å²) in [6.45, 7) is 0. The van der Waals surface area contributed by atoms with Crippen LogP contribution in [0.3, 0.4) is 0 Å². The first-order chi connectivity index (χ1) is 1.00. The van der Waals surface area contributed by atoms with E-state index in [1.54, 1.807) is 0 Å². The zero-order chi connectivity index (χ0) is 2.00. The van der Waals surface area contributed by atoms with Gasteiger partial charge in [0.25, 0.3) is 0 Å². The van der Waals surface area contributed by atoms with Gasteiger partial charge in [-0.3, -0.25) is 14.1 Å². The molecule has 0 rings (SSSR count). The Morgan fingerprint density at radius 1 is 0.833 bits per heavy atom. The second-order valence-corrected chi connectivity index (χ2v) is 0. The fourth-order valence-corrected chi connectivity index (χ4v) is 0. The molecule has 0 bridgehead atoms. The summed E-state index contributed by atoms with van der Waals surface area (Å²) in [5.74, 6) is 0. The fourth-order valence-electron chi connectivity index (χ4n) is 0. The minimum absolute atomic E-state index is 0. The van der Waals surface area contributed by atoms with Crippen LogP contribution in [0, 0.1) is 0 Å². The van der Waals surface area contributed by atoms with Crippen LogP contribution in [-0.2, 0) is 20.1 Å². The Bertz CT molecular complexity index is 10.8. The van der Waals surface area contributed by atoms with Gasteiger partial charge < -0.3 is 0 Å². The van der Waals surface area contributed by atoms with Crippen LogP contribution in [0.15, 0.2) is 0 Å². The molecule has 2 radical (unpaired) electrons. The molecule has 6 heavy (non-hydrogen) atoms. The van der Waals surface area contributed by atoms with Gasteiger partial charge in [-0.25, -0.2) is 0 Å². The van der Waals surface area contributed by atoms with Gasteiger partial charge in [-0.15, -0.1) is 0 Å². The van der Waals surface area contributed by atoms with Gasteiger partial charge in [0, 0.05) is 17.1 Å². The van der Waals surface area contributed by atoms with E-state index in [2.05, 4.69) is 0 Å². The minimum atomic E-state index is 0. The number of hydrogen-bond acceptors (Lipinski definition) is 1. The molecule has 0 saturated heterocycles. The molecule has 0 aromatic rings. The van der Waals surface area contributed by atoms with Crippen LogP contribution in [-0.4, -0.2) is 23.0 Å². The average molecular weight is 261 g/mol. The van der Waals surface area contributed by atoms with Crippen molar-refractivity contribution in [1.82, 2.24) is 0 Å². The molecule has 0 unspecified atom stereocenters. The molecule has 46 valence electrons. The molecule has 0 aliphatic heterocycles. The molecule has 0 N–H and O–H groups in total. The molecule has 0 aromatic heterocycles. The number of halogens is 3. The second kappa shape index (κ2) is 167. The molecule has 1 nitrogen and oxygen atoms in total. The molecule has 0 spiro atoms. The number of hydrogen-bond donors (Lipinski definition) is 0. The van der Waals surface area contributed by atoms with E-state index in [-0.39, 0.29) is 31.2 Å². The van der Waals surface area contributed by atoms with Crippen LogP contribution in [0.5, 0.6) is 0 Å². The predicted octanol–water partition coefficient (Wildman–Crippen LogP) is -0.0446. The first kappa shape index (κ1) is 65.5. The molecule has 0 heterocycles. The molecule has 0 aliphatic rings. The van der Waals surface area contributed by atoms with Crippen molar-refractivity contribution in [1.29, 1.82) is 0 Å². The summed E-state index contributed by atoms with van der Waals surface area (Å²) >= 11 is 0.500. The maximum atomic E-state index is 8.30. The van der Waals surface area contributed by atoms with Crippen LogP contribution in [0.1, 0.15) is 0 Å². The third-order valence-electron chi connectivity index (χ3n) is 0. The zero-order valence-corrected chi connectivity index (χ0v) is 5.88. The van der Waals surface area contributed by atoms with Gasteiger partial charge in [-0.1, -0.05) is 0 Å². The molecule has 0 saturated carbocycles. The first-order valence-electron chi connectivity index (χ1n) is 0.183. The molecular formula is H3CuF3OSb. The Morgan fingerprint density at radius 3 is 0.833 bits per heavy atom. The molecule has 0 amide bonds. The van der Waals surface area contributed by atoms with Crippen molar-refractivity contribution in [3.05, 3.63) is 0 Å². The summed E-state index contributed by atoms with van der Waals surface area (Å²) in [5, 5.41) is 0. The standard InChI is InChI=1S/Cu.3FH.O.Sb/h;3*1H;;. The molecule has 0 atom stereocenters. The van der Waals surface area contributed by atoms with Gasteiger partial charge >= 0.3 is 26.0 Å². The van der Waals surface area contributed by atoms with E-state index in [0.29, 0.717) is 23.0 Å². The molecule has 0 aromatic carbocycles. The summed E-state index contributed by atoms with van der Waals surface area (Å²) < 4.78 is 8.30. The van der Waals surface area contributed by atoms with E-state index >= 15 is 0 Å². The van der Waals surface area contributed by atoms with Crippen molar-refractivity contribution in [2.24, 2.45) is 0 Å². The predicted molar refractivity (Wildman–Crippen MR) is 13.9 cm³/mol. The topological polar surface area (TPSA) is 17.1 Å². The third-order valence-corrected chi connectivity index (χ3v) is 0. The van der Waals surface area contributed by atoms with Crippen molar-refractivity contribution in [2.45, 2.75) is 0 Å². The summed E-state index contributed by atoms with van der Waals surface area (Å²) in [6.07, 6.45) is 0. The van der Waals surface area contributed by atoms with Crippen LogP contribution < -0.4 is 0 Å². The van der Waals surface area contributed by atoms with Crippen molar-refractivity contribution in [3.63, 3.8) is 0 Å². The Labute approximate surface area is 57.3 Å². The van der Waals surface area contributed by atoms with Gasteiger partial charge in [-0.05, 0) is 0 Å². The Kier molecular flexibility index (Phi) is 1830. The van der Waals surface area contributed by atoms with Gasteiger partial charge in [0.2, 0.25) is 0 Å². The van der Waals surface area contributed by atoms with E-state index in [1.807, 2.05) is 0 Å². The Morgan fingerprint density at radius 2 is 0.833 bits per heavy atom. The Hall–Kier alpha value is 0.928. The summed E-state index contributed by atoms with van der Waals surface area (Å²) in [4.78, 5) is 0. The van der Waals surface area contributed by atoms with Gasteiger partial charge in [0.15, 0.2) is 0 Å². The van der Waals surface area contributed by atoms with E-state index in [9.17, 15) is 0 Å². The van der Waals surface area contributed by atoms with Crippen molar-refractivity contribution < 1.29 is 34.2 Å². The molecule has 0 fully saturated rings. The van der Waals surface area contributed by atoms with Crippen molar-refractivity contribution in [2.75, 3.05) is 0 Å². The summed E-state index contributed by atoms with van der Waals surface area (Å²) in [5.41, 5.74) is 0. The Balaban J connectivity index is -0.000000000833. The normalized spacial score (nSPS) is 0.667. The van der Waals surface area contributed by atoms with E-state index < -0.39 is 0 Å². The zero-order valence-electron chi connectivity index (χ0n) is 2.38. The molecular weight excluding hydrogens is 258 g/mol. The average Bonchev–Trinajstić information content (AvgIpc) is 1.00. The molecule has 6 heteroatoms. The van der Waals surface area contributed by atoms with Crippen molar-refractivity contribution >= 4 is 23.0 Å². The van der Waals surface area contributed by atoms with Gasteiger partial charge in [0.05, 0.1) is 0 Å². The van der Waals surface area contributed by atoms with Gasteiger partial charge in [0.1, 0.15) is 0 Å². The van der Waals surface area contributed by atoms with Crippen LogP contribution in [0.4, 0.5) is 14.1 Å². The van der Waals surface area contributed by atoms with Crippen LogP contribution in [0.2, 0.25) is 0 Å². The number of rotatable bonds is 0. The third kappa shape index (κ3) is 88.3. The maximum absolute atomic E-state index is 8.30. The van der Waals surface area contributed by atoms with E-state index in [1.165, 1.54) is 0 Å². The fraction of sp³-hybridized carbons (Fsp3) is 0. The van der Waals surface area contributed by atoms with Crippen LogP contribution in [0.25, 0.3) is 0 Å². The van der Waals surface area contributed by atoms with Crippen molar-refractivity contribution in [3.8, 4) is 0 Å². The molecule has 0 aliphatic carbocycles. The second-order valence-electron chi connectivity index (χ2n) is 0. The van der Waals surface area contributed by atoms with Gasteiger partial charge in [-0.2, -0.15) is 0 Å². The SMILES string of the molecule is F.F.F.[Cu].[O]=[Sb]. The summed E-state index contributed by atoms with van der Waals surface area (Å²) in [7, 11) is 0. The first-order valence-corrected chi connectivity index (χ1v) is 1.22. The van der Waals surface area contributed by atoms with E-state index in [0.717, 1.165) is 0 Å². The summed E-state index contributed by atoms with van der Waals surface area (Å²) in [6, 6.07) is 0. The van der Waals surface area contributed by atoms with Crippen LogP contribution >= 0.6 is 0 Å².